The molecule has 0 heterocycles. The van der Waals surface area contributed by atoms with E-state index in [9.17, 15) is 0 Å². The quantitative estimate of drug-likeness (QED) is 0.462. The third kappa shape index (κ3) is 26.6. The van der Waals surface area contributed by atoms with E-state index in [2.05, 4.69) is 12.1 Å². The monoisotopic (exact) mass is 305 g/mol. The number of benzene rings is 2. The van der Waals surface area contributed by atoms with E-state index in [1.165, 1.54) is 0 Å². The van der Waals surface area contributed by atoms with Gasteiger partial charge in [-0.05, 0) is 13.8 Å². The Morgan fingerprint density at radius 2 is 0.950 bits per heavy atom. The Morgan fingerprint density at radius 1 is 0.650 bits per heavy atom. The van der Waals surface area contributed by atoms with Crippen molar-refractivity contribution in [2.45, 2.75) is 13.8 Å². The van der Waals surface area contributed by atoms with Crippen molar-refractivity contribution in [2.24, 2.45) is 0 Å². The molecule has 0 spiro atoms. The van der Waals surface area contributed by atoms with Crippen molar-refractivity contribution in [1.82, 2.24) is 0 Å². The Hall–Kier alpha value is 0.114. The van der Waals surface area contributed by atoms with E-state index in [0.717, 1.165) is 13.2 Å². The largest absolute Gasteiger partial charge is 1.00 e. The summed E-state index contributed by atoms with van der Waals surface area (Å²) >= 11 is 0. The molecule has 0 aliphatic rings. The second kappa shape index (κ2) is 27.5. The predicted octanol–water partition coefficient (Wildman–Crippen LogP) is -1.98. The standard InChI is InChI=1S/2C6H5.C4H10O.Cu.2Li/c2*1-2-4-6-5-3-1;1-3-5-4-2;;;/h2*1-5H;3-4H2,1-2H3;;;/q2*-1;;;2*+1. The SMILES string of the molecule is CCOCC.[Cu].[Li+].[Li+].[c-]1ccccc1.[c-]1ccccc1. The summed E-state index contributed by atoms with van der Waals surface area (Å²) in [6.45, 7) is 5.67. The van der Waals surface area contributed by atoms with Crippen molar-refractivity contribution in [2.75, 3.05) is 13.2 Å². The van der Waals surface area contributed by atoms with Crippen LogP contribution in [0.4, 0.5) is 0 Å². The first-order valence-electron chi connectivity index (χ1n) is 5.81. The fraction of sp³-hybridized carbons (Fsp3) is 0.250. The Bertz CT molecular complexity index is 233. The van der Waals surface area contributed by atoms with Crippen LogP contribution in [0.15, 0.2) is 60.7 Å². The summed E-state index contributed by atoms with van der Waals surface area (Å²) in [6.07, 6.45) is 0. The summed E-state index contributed by atoms with van der Waals surface area (Å²) in [5.41, 5.74) is 0. The molecular weight excluding hydrogens is 286 g/mol. The molecule has 103 valence electrons. The second-order valence-electron chi connectivity index (χ2n) is 2.94. The molecule has 0 fully saturated rings. The molecule has 0 bridgehead atoms. The average Bonchev–Trinajstić information content (AvgIpc) is 2.45. The van der Waals surface area contributed by atoms with Crippen LogP contribution >= 0.6 is 0 Å². The smallest absolute Gasteiger partial charge is 0.382 e. The van der Waals surface area contributed by atoms with Gasteiger partial charge in [0.2, 0.25) is 0 Å². The molecule has 0 aliphatic carbocycles. The zero-order valence-corrected chi connectivity index (χ0v) is 13.8. The van der Waals surface area contributed by atoms with Crippen LogP contribution in [0.25, 0.3) is 0 Å². The second-order valence-corrected chi connectivity index (χ2v) is 2.94. The molecule has 0 atom stereocenters. The van der Waals surface area contributed by atoms with E-state index in [-0.39, 0.29) is 54.8 Å². The molecule has 0 unspecified atom stereocenters. The van der Waals surface area contributed by atoms with Gasteiger partial charge in [-0.1, -0.05) is 0 Å². The van der Waals surface area contributed by atoms with Gasteiger partial charge >= 0.3 is 37.7 Å². The maximum Gasteiger partial charge on any atom is 1.00 e. The Morgan fingerprint density at radius 3 is 1.00 bits per heavy atom. The van der Waals surface area contributed by atoms with Crippen molar-refractivity contribution in [3.63, 3.8) is 0 Å². The molecular formula is C16H20CuLi2O. The topological polar surface area (TPSA) is 9.23 Å². The van der Waals surface area contributed by atoms with E-state index >= 15 is 0 Å². The predicted molar refractivity (Wildman–Crippen MR) is 72.7 cm³/mol. The third-order valence-electron chi connectivity index (χ3n) is 1.62. The van der Waals surface area contributed by atoms with E-state index in [1.807, 2.05) is 74.5 Å². The molecule has 0 saturated heterocycles. The summed E-state index contributed by atoms with van der Waals surface area (Å²) in [5.74, 6) is 0. The summed E-state index contributed by atoms with van der Waals surface area (Å²) in [4.78, 5) is 0. The minimum absolute atomic E-state index is 0. The van der Waals surface area contributed by atoms with Gasteiger partial charge in [-0.3, -0.25) is 0 Å². The molecule has 2 rings (SSSR count). The maximum atomic E-state index is 4.83. The Balaban J connectivity index is -0.0000000899. The molecule has 0 N–H and O–H groups in total. The molecule has 1 radical (unpaired) electrons. The van der Waals surface area contributed by atoms with Crippen molar-refractivity contribution in [1.29, 1.82) is 0 Å². The van der Waals surface area contributed by atoms with Crippen molar-refractivity contribution >= 4 is 0 Å². The fourth-order valence-corrected chi connectivity index (χ4v) is 0.888. The van der Waals surface area contributed by atoms with Crippen LogP contribution in [0.5, 0.6) is 0 Å². The van der Waals surface area contributed by atoms with Gasteiger partial charge in [0.05, 0.1) is 0 Å². The van der Waals surface area contributed by atoms with Gasteiger partial charge in [0.15, 0.2) is 0 Å². The van der Waals surface area contributed by atoms with Gasteiger partial charge in [0.1, 0.15) is 0 Å². The van der Waals surface area contributed by atoms with Gasteiger partial charge in [0, 0.05) is 30.3 Å². The minimum Gasteiger partial charge on any atom is -0.382 e. The van der Waals surface area contributed by atoms with Gasteiger partial charge in [-0.25, -0.2) is 0 Å². The fourth-order valence-electron chi connectivity index (χ4n) is 0.888. The van der Waals surface area contributed by atoms with Crippen LogP contribution in [0.3, 0.4) is 0 Å². The normalized spacial score (nSPS) is 6.90. The van der Waals surface area contributed by atoms with Crippen molar-refractivity contribution in [3.05, 3.63) is 72.8 Å². The van der Waals surface area contributed by atoms with Gasteiger partial charge in [0.25, 0.3) is 0 Å². The molecule has 2 aromatic rings. The number of hydrogen-bond donors (Lipinski definition) is 0. The van der Waals surface area contributed by atoms with Crippen LogP contribution in [0.2, 0.25) is 0 Å². The molecule has 0 saturated carbocycles. The number of ether oxygens (including phenoxy) is 1. The van der Waals surface area contributed by atoms with E-state index < -0.39 is 0 Å². The first-order valence-corrected chi connectivity index (χ1v) is 5.81. The first-order chi connectivity index (χ1) is 8.41. The molecule has 0 aromatic heterocycles. The molecule has 0 aliphatic heterocycles. The van der Waals surface area contributed by atoms with Gasteiger partial charge in [-0.15, -0.1) is 0 Å². The van der Waals surface area contributed by atoms with Gasteiger partial charge in [-0.2, -0.15) is 72.8 Å². The van der Waals surface area contributed by atoms with Crippen molar-refractivity contribution in [3.8, 4) is 0 Å². The number of hydrogen-bond acceptors (Lipinski definition) is 1. The molecule has 0 amide bonds. The summed E-state index contributed by atoms with van der Waals surface area (Å²) < 4.78 is 4.83. The number of rotatable bonds is 2. The molecule has 2 aromatic carbocycles. The van der Waals surface area contributed by atoms with Crippen molar-refractivity contribution < 1.29 is 59.5 Å². The van der Waals surface area contributed by atoms with Crippen LogP contribution in [0, 0.1) is 12.1 Å². The van der Waals surface area contributed by atoms with E-state index in [0.29, 0.717) is 0 Å². The summed E-state index contributed by atoms with van der Waals surface area (Å²) in [7, 11) is 0. The van der Waals surface area contributed by atoms with Gasteiger partial charge < -0.3 is 4.74 Å². The van der Waals surface area contributed by atoms with Crippen LogP contribution < -0.4 is 37.7 Å². The Labute approximate surface area is 158 Å². The van der Waals surface area contributed by atoms with Crippen LogP contribution in [0.1, 0.15) is 13.8 Å². The summed E-state index contributed by atoms with van der Waals surface area (Å²) in [6, 6.07) is 25.0. The first kappa shape index (κ1) is 28.3. The molecule has 1 nitrogen and oxygen atoms in total. The van der Waals surface area contributed by atoms with Crippen LogP contribution in [-0.4, -0.2) is 13.2 Å². The minimum atomic E-state index is 0. The zero-order chi connectivity index (χ0) is 12.6. The van der Waals surface area contributed by atoms with E-state index in [1.54, 1.807) is 0 Å². The Kier molecular flexibility index (Phi) is 38.9. The third-order valence-corrected chi connectivity index (χ3v) is 1.62. The van der Waals surface area contributed by atoms with Crippen LogP contribution in [-0.2, 0) is 21.8 Å². The molecule has 4 heteroatoms. The summed E-state index contributed by atoms with van der Waals surface area (Å²) in [5, 5.41) is 0. The maximum absolute atomic E-state index is 4.83. The average molecular weight is 306 g/mol. The zero-order valence-electron chi connectivity index (χ0n) is 12.9. The molecule has 20 heavy (non-hydrogen) atoms. The van der Waals surface area contributed by atoms with E-state index in [4.69, 9.17) is 4.74 Å².